The summed E-state index contributed by atoms with van der Waals surface area (Å²) in [5.74, 6) is 1.12. The first kappa shape index (κ1) is 28.0. The fraction of sp³-hybridized carbons (Fsp3) is 0.379. The maximum Gasteiger partial charge on any atom is 0.416 e. The molecule has 1 atom stereocenters. The van der Waals surface area contributed by atoms with Crippen molar-refractivity contribution in [3.63, 3.8) is 0 Å². The predicted molar refractivity (Wildman–Crippen MR) is 134 cm³/mol. The average Bonchev–Trinajstić information content (AvgIpc) is 2.91. The topological polar surface area (TPSA) is 24.5 Å². The second-order valence-electron chi connectivity index (χ2n) is 9.52. The number of nitrogens with one attached hydrogen (secondary N) is 1. The molecule has 3 aromatic carbocycles. The van der Waals surface area contributed by atoms with Crippen LogP contribution in [0, 0.1) is 0 Å². The van der Waals surface area contributed by atoms with Gasteiger partial charge in [0.1, 0.15) is 5.75 Å². The lowest BCUT2D eigenvalue weighted by Gasteiger charge is -2.38. The third-order valence-corrected chi connectivity index (χ3v) is 7.05. The van der Waals surface area contributed by atoms with Gasteiger partial charge < -0.3 is 10.1 Å². The monoisotopic (exact) mass is 536 g/mol. The zero-order chi connectivity index (χ0) is 27.3. The second kappa shape index (κ2) is 11.8. The highest BCUT2D eigenvalue weighted by Crippen LogP contribution is 2.37. The van der Waals surface area contributed by atoms with Crippen molar-refractivity contribution in [3.05, 3.63) is 101 Å². The van der Waals surface area contributed by atoms with Crippen LogP contribution in [0.2, 0.25) is 0 Å². The third-order valence-electron chi connectivity index (χ3n) is 7.05. The smallest absolute Gasteiger partial charge is 0.416 e. The average molecular weight is 537 g/mol. The minimum atomic E-state index is -4.88. The molecule has 4 rings (SSSR count). The van der Waals surface area contributed by atoms with Crippen molar-refractivity contribution < 1.29 is 31.1 Å². The number of benzene rings is 3. The molecule has 3 nitrogen and oxygen atoms in total. The van der Waals surface area contributed by atoms with Crippen LogP contribution in [-0.4, -0.2) is 31.6 Å². The van der Waals surface area contributed by atoms with Gasteiger partial charge in [-0.1, -0.05) is 48.5 Å². The van der Waals surface area contributed by atoms with Crippen molar-refractivity contribution in [3.8, 4) is 5.75 Å². The Hall–Kier alpha value is -3.04. The zero-order valence-electron chi connectivity index (χ0n) is 20.9. The maximum absolute atomic E-state index is 13.3. The van der Waals surface area contributed by atoms with E-state index in [2.05, 4.69) is 22.3 Å². The lowest BCUT2D eigenvalue weighted by Crippen LogP contribution is -2.40. The molecular formula is C29H30F6N2O. The number of piperidine rings is 1. The Bertz CT molecular complexity index is 1160. The third kappa shape index (κ3) is 6.88. The molecule has 1 aliphatic heterocycles. The van der Waals surface area contributed by atoms with E-state index in [1.165, 1.54) is 5.56 Å². The minimum Gasteiger partial charge on any atom is -0.496 e. The Kier molecular flexibility index (Phi) is 8.67. The first-order valence-electron chi connectivity index (χ1n) is 12.5. The summed E-state index contributed by atoms with van der Waals surface area (Å²) in [6.07, 6.45) is -7.87. The Morgan fingerprint density at radius 3 is 2.00 bits per heavy atom. The summed E-state index contributed by atoms with van der Waals surface area (Å²) in [5.41, 5.74) is -0.486. The molecule has 1 N–H and O–H groups in total. The Morgan fingerprint density at radius 1 is 0.842 bits per heavy atom. The highest BCUT2D eigenvalue weighted by Gasteiger charge is 2.37. The molecule has 0 aliphatic carbocycles. The van der Waals surface area contributed by atoms with Gasteiger partial charge in [-0.25, -0.2) is 0 Å². The van der Waals surface area contributed by atoms with Crippen molar-refractivity contribution in [2.24, 2.45) is 0 Å². The van der Waals surface area contributed by atoms with Crippen LogP contribution in [0.25, 0.3) is 0 Å². The molecule has 1 unspecified atom stereocenters. The number of alkyl halides is 6. The van der Waals surface area contributed by atoms with Gasteiger partial charge in [-0.2, -0.15) is 26.3 Å². The lowest BCUT2D eigenvalue weighted by molar-refractivity contribution is -0.143. The number of para-hydroxylation sites is 1. The summed E-state index contributed by atoms with van der Waals surface area (Å²) in [7, 11) is 1.58. The van der Waals surface area contributed by atoms with Crippen LogP contribution >= 0.6 is 0 Å². The molecular weight excluding hydrogens is 506 g/mol. The van der Waals surface area contributed by atoms with Gasteiger partial charge in [0.05, 0.1) is 24.3 Å². The van der Waals surface area contributed by atoms with Gasteiger partial charge in [0.15, 0.2) is 0 Å². The van der Waals surface area contributed by atoms with Crippen LogP contribution in [0.15, 0.2) is 72.8 Å². The number of nitrogens with zero attached hydrogens (tertiary/aromatic N) is 1. The Morgan fingerprint density at radius 2 is 1.42 bits per heavy atom. The van der Waals surface area contributed by atoms with E-state index in [-0.39, 0.29) is 24.2 Å². The van der Waals surface area contributed by atoms with Gasteiger partial charge in [0, 0.05) is 18.7 Å². The van der Waals surface area contributed by atoms with Gasteiger partial charge in [-0.15, -0.1) is 0 Å². The van der Waals surface area contributed by atoms with Crippen LogP contribution in [0.4, 0.5) is 26.3 Å². The normalized spacial score (nSPS) is 16.4. The number of halogens is 6. The van der Waals surface area contributed by atoms with Gasteiger partial charge in [0.25, 0.3) is 0 Å². The van der Waals surface area contributed by atoms with E-state index in [0.29, 0.717) is 18.2 Å². The minimum absolute atomic E-state index is 0.0753. The van der Waals surface area contributed by atoms with E-state index < -0.39 is 23.5 Å². The summed E-state index contributed by atoms with van der Waals surface area (Å²) >= 11 is 0. The largest absolute Gasteiger partial charge is 0.496 e. The first-order chi connectivity index (χ1) is 18.1. The van der Waals surface area contributed by atoms with E-state index in [1.54, 1.807) is 7.11 Å². The van der Waals surface area contributed by atoms with E-state index in [9.17, 15) is 26.3 Å². The summed E-state index contributed by atoms with van der Waals surface area (Å²) in [6, 6.07) is 19.4. The molecule has 9 heteroatoms. The summed E-state index contributed by atoms with van der Waals surface area (Å²) in [6.45, 7) is 1.78. The zero-order valence-corrected chi connectivity index (χ0v) is 20.9. The summed E-state index contributed by atoms with van der Waals surface area (Å²) in [4.78, 5) is 2.30. The fourth-order valence-corrected chi connectivity index (χ4v) is 5.12. The maximum atomic E-state index is 13.3. The molecule has 0 aromatic heterocycles. The van der Waals surface area contributed by atoms with Crippen molar-refractivity contribution in [1.82, 2.24) is 10.2 Å². The number of hydrogen-bond donors (Lipinski definition) is 1. The summed E-state index contributed by atoms with van der Waals surface area (Å²) in [5, 5.41) is 3.12. The highest BCUT2D eigenvalue weighted by atomic mass is 19.4. The van der Waals surface area contributed by atoms with Gasteiger partial charge >= 0.3 is 12.4 Å². The molecule has 0 bridgehead atoms. The van der Waals surface area contributed by atoms with E-state index in [1.807, 2.05) is 42.5 Å². The number of hydrogen-bond acceptors (Lipinski definition) is 3. The molecule has 0 amide bonds. The first-order valence-corrected chi connectivity index (χ1v) is 12.5. The van der Waals surface area contributed by atoms with Crippen LogP contribution in [0.3, 0.4) is 0 Å². The molecule has 0 radical (unpaired) electrons. The van der Waals surface area contributed by atoms with Crippen LogP contribution in [0.5, 0.6) is 5.75 Å². The molecule has 1 fully saturated rings. The van der Waals surface area contributed by atoms with Gasteiger partial charge in [0.2, 0.25) is 0 Å². The number of rotatable bonds is 8. The van der Waals surface area contributed by atoms with E-state index >= 15 is 0 Å². The van der Waals surface area contributed by atoms with Crippen molar-refractivity contribution in [2.75, 3.05) is 26.7 Å². The number of ether oxygens (including phenoxy) is 1. The molecule has 1 aliphatic rings. The second-order valence-corrected chi connectivity index (χ2v) is 9.52. The Labute approximate surface area is 218 Å². The summed E-state index contributed by atoms with van der Waals surface area (Å²) < 4.78 is 85.3. The number of methoxy groups -OCH3 is 1. The van der Waals surface area contributed by atoms with E-state index in [4.69, 9.17) is 4.74 Å². The van der Waals surface area contributed by atoms with Crippen LogP contribution in [0.1, 0.15) is 52.6 Å². The molecule has 1 heterocycles. The number of likely N-dealkylation sites (tertiary alicyclic amines) is 1. The van der Waals surface area contributed by atoms with Crippen LogP contribution in [-0.2, 0) is 18.9 Å². The van der Waals surface area contributed by atoms with Crippen molar-refractivity contribution >= 4 is 0 Å². The standard InChI is InChI=1S/C29H30F6N2O/c1-38-27-10-6-5-9-25(27)26(37-13-11-22(12-14-37)21-7-3-2-4-8-21)19-36-18-20-15-23(28(30,31)32)17-24(16-20)29(33,34)35/h2-10,15-17,22,26,36H,11-14,18-19H2,1H3. The molecule has 38 heavy (non-hydrogen) atoms. The van der Waals surface area contributed by atoms with E-state index in [0.717, 1.165) is 43.6 Å². The molecule has 3 aromatic rings. The van der Waals surface area contributed by atoms with Crippen LogP contribution < -0.4 is 10.1 Å². The lowest BCUT2D eigenvalue weighted by atomic mass is 9.88. The fourth-order valence-electron chi connectivity index (χ4n) is 5.12. The van der Waals surface area contributed by atoms with Crippen molar-refractivity contribution in [1.29, 1.82) is 0 Å². The molecule has 0 saturated carbocycles. The molecule has 1 saturated heterocycles. The molecule has 204 valence electrons. The van der Waals surface area contributed by atoms with Crippen molar-refractivity contribution in [2.45, 2.75) is 43.7 Å². The quantitative estimate of drug-likeness (QED) is 0.303. The van der Waals surface area contributed by atoms with Gasteiger partial charge in [-0.3, -0.25) is 4.90 Å². The van der Waals surface area contributed by atoms with Gasteiger partial charge in [-0.05, 0) is 67.2 Å². The molecule has 0 spiro atoms. The SMILES string of the molecule is COc1ccccc1C(CNCc1cc(C(F)(F)F)cc(C(F)(F)F)c1)N1CCC(c2ccccc2)CC1. The highest BCUT2D eigenvalue weighted by molar-refractivity contribution is 5.37. The predicted octanol–water partition coefficient (Wildman–Crippen LogP) is 7.44. The Balaban J connectivity index is 1.52.